The molecule has 1 atom stereocenters. The van der Waals surface area contributed by atoms with Gasteiger partial charge < -0.3 is 10.6 Å². The summed E-state index contributed by atoms with van der Waals surface area (Å²) in [5, 5.41) is 8.30. The van der Waals surface area contributed by atoms with Gasteiger partial charge in [-0.2, -0.15) is 0 Å². The zero-order chi connectivity index (χ0) is 11.5. The minimum atomic E-state index is -0.368. The lowest BCUT2D eigenvalue weighted by atomic mass is 10.2. The quantitative estimate of drug-likeness (QED) is 0.799. The maximum absolute atomic E-state index is 11.6. The third-order valence-corrected chi connectivity index (χ3v) is 3.24. The Hall–Kier alpha value is -1.43. The van der Waals surface area contributed by atoms with Crippen LogP contribution in [-0.2, 0) is 16.1 Å². The fraction of sp³-hybridized carbons (Fsp3) is 0.500. The van der Waals surface area contributed by atoms with Gasteiger partial charge in [-0.3, -0.25) is 9.59 Å². The molecule has 0 aliphatic carbocycles. The predicted molar refractivity (Wildman–Crippen MR) is 59.9 cm³/mol. The van der Waals surface area contributed by atoms with Crippen LogP contribution in [0.4, 0.5) is 0 Å². The molecule has 0 saturated carbocycles. The molecule has 2 heterocycles. The van der Waals surface area contributed by atoms with Crippen LogP contribution in [0.5, 0.6) is 0 Å². The van der Waals surface area contributed by atoms with E-state index in [-0.39, 0.29) is 17.9 Å². The average Bonchev–Trinajstić information content (AvgIpc) is 2.84. The molecule has 2 N–H and O–H groups in total. The molecule has 1 saturated heterocycles. The fourth-order valence-corrected chi connectivity index (χ4v) is 2.21. The molecule has 1 aromatic heterocycles. The number of hydrogen-bond donors (Lipinski definition) is 2. The number of aromatic nitrogens is 1. The molecule has 86 valence electrons. The van der Waals surface area contributed by atoms with Crippen LogP contribution >= 0.6 is 11.3 Å². The summed E-state index contributed by atoms with van der Waals surface area (Å²) >= 11 is 1.56. The molecule has 1 aliphatic rings. The number of rotatable bonds is 3. The zero-order valence-corrected chi connectivity index (χ0v) is 9.76. The zero-order valence-electron chi connectivity index (χ0n) is 8.95. The minimum absolute atomic E-state index is 0.0512. The lowest BCUT2D eigenvalue weighted by Gasteiger charge is -2.09. The van der Waals surface area contributed by atoms with Crippen molar-refractivity contribution in [3.8, 4) is 0 Å². The highest BCUT2D eigenvalue weighted by molar-refractivity contribution is 7.09. The highest BCUT2D eigenvalue weighted by atomic mass is 32.1. The van der Waals surface area contributed by atoms with Crippen molar-refractivity contribution in [1.29, 1.82) is 0 Å². The summed E-state index contributed by atoms with van der Waals surface area (Å²) in [6.45, 7) is 2.35. The Kier molecular flexibility index (Phi) is 3.19. The SMILES string of the molecule is Cc1nc(CNC(=O)C2CCC(=O)N2)cs1. The van der Waals surface area contributed by atoms with Gasteiger partial charge in [-0.1, -0.05) is 0 Å². The smallest absolute Gasteiger partial charge is 0.242 e. The van der Waals surface area contributed by atoms with Gasteiger partial charge >= 0.3 is 0 Å². The average molecular weight is 239 g/mol. The van der Waals surface area contributed by atoms with E-state index in [1.807, 2.05) is 12.3 Å². The number of nitrogens with zero attached hydrogens (tertiary/aromatic N) is 1. The van der Waals surface area contributed by atoms with Crippen LogP contribution in [0.2, 0.25) is 0 Å². The van der Waals surface area contributed by atoms with Gasteiger partial charge in [0.1, 0.15) is 6.04 Å². The fourth-order valence-electron chi connectivity index (χ4n) is 1.60. The number of thiazole rings is 1. The van der Waals surface area contributed by atoms with Gasteiger partial charge in [0.15, 0.2) is 0 Å². The molecule has 1 unspecified atom stereocenters. The number of nitrogens with one attached hydrogen (secondary N) is 2. The predicted octanol–water partition coefficient (Wildman–Crippen LogP) is 0.346. The molecule has 1 aromatic rings. The molecule has 1 aliphatic heterocycles. The molecule has 2 amide bonds. The Balaban J connectivity index is 1.82. The summed E-state index contributed by atoms with van der Waals surface area (Å²) in [5.74, 6) is -0.179. The normalized spacial score (nSPS) is 19.6. The molecule has 6 heteroatoms. The lowest BCUT2D eigenvalue weighted by molar-refractivity contribution is -0.125. The van der Waals surface area contributed by atoms with Gasteiger partial charge in [0.25, 0.3) is 0 Å². The van der Waals surface area contributed by atoms with E-state index in [0.29, 0.717) is 19.4 Å². The Bertz CT molecular complexity index is 416. The van der Waals surface area contributed by atoms with E-state index in [1.165, 1.54) is 0 Å². The molecule has 16 heavy (non-hydrogen) atoms. The van der Waals surface area contributed by atoms with Crippen molar-refractivity contribution in [1.82, 2.24) is 15.6 Å². The number of carbonyl (C=O) groups is 2. The molecule has 0 bridgehead atoms. The number of aryl methyl sites for hydroxylation is 1. The van der Waals surface area contributed by atoms with Crippen LogP contribution in [0.1, 0.15) is 23.5 Å². The first-order valence-corrected chi connectivity index (χ1v) is 6.01. The number of carbonyl (C=O) groups excluding carboxylic acids is 2. The van der Waals surface area contributed by atoms with Gasteiger partial charge in [0.2, 0.25) is 11.8 Å². The first-order chi connectivity index (χ1) is 7.65. The van der Waals surface area contributed by atoms with E-state index in [4.69, 9.17) is 0 Å². The van der Waals surface area contributed by atoms with Gasteiger partial charge in [-0.15, -0.1) is 11.3 Å². The first kappa shape index (κ1) is 11.1. The minimum Gasteiger partial charge on any atom is -0.349 e. The summed E-state index contributed by atoms with van der Waals surface area (Å²) in [4.78, 5) is 26.8. The Morgan fingerprint density at radius 2 is 2.56 bits per heavy atom. The van der Waals surface area contributed by atoms with Crippen molar-refractivity contribution < 1.29 is 9.59 Å². The van der Waals surface area contributed by atoms with E-state index in [2.05, 4.69) is 15.6 Å². The van der Waals surface area contributed by atoms with Crippen molar-refractivity contribution in [2.45, 2.75) is 32.4 Å². The topological polar surface area (TPSA) is 71.1 Å². The summed E-state index contributed by atoms with van der Waals surface area (Å²) in [5.41, 5.74) is 0.861. The second-order valence-corrected chi connectivity index (χ2v) is 4.80. The monoisotopic (exact) mass is 239 g/mol. The van der Waals surface area contributed by atoms with Crippen LogP contribution in [0.3, 0.4) is 0 Å². The molecule has 0 aromatic carbocycles. The summed E-state index contributed by atoms with van der Waals surface area (Å²) in [6.07, 6.45) is 1.02. The molecule has 5 nitrogen and oxygen atoms in total. The molecule has 0 spiro atoms. The first-order valence-electron chi connectivity index (χ1n) is 5.13. The maximum atomic E-state index is 11.6. The van der Waals surface area contributed by atoms with Crippen LogP contribution < -0.4 is 10.6 Å². The summed E-state index contributed by atoms with van der Waals surface area (Å²) in [7, 11) is 0. The van der Waals surface area contributed by atoms with Crippen molar-refractivity contribution in [3.05, 3.63) is 16.1 Å². The molecular weight excluding hydrogens is 226 g/mol. The van der Waals surface area contributed by atoms with Crippen molar-refractivity contribution in [2.75, 3.05) is 0 Å². The van der Waals surface area contributed by atoms with E-state index < -0.39 is 0 Å². The highest BCUT2D eigenvalue weighted by Gasteiger charge is 2.26. The number of amides is 2. The summed E-state index contributed by atoms with van der Waals surface area (Å²) in [6, 6.07) is -0.368. The largest absolute Gasteiger partial charge is 0.349 e. The van der Waals surface area contributed by atoms with Crippen LogP contribution in [0, 0.1) is 6.92 Å². The second-order valence-electron chi connectivity index (χ2n) is 3.73. The van der Waals surface area contributed by atoms with E-state index in [1.54, 1.807) is 11.3 Å². The van der Waals surface area contributed by atoms with E-state index >= 15 is 0 Å². The molecular formula is C10H13N3O2S. The van der Waals surface area contributed by atoms with E-state index in [9.17, 15) is 9.59 Å². The second kappa shape index (κ2) is 4.61. The van der Waals surface area contributed by atoms with Crippen molar-refractivity contribution in [3.63, 3.8) is 0 Å². The Morgan fingerprint density at radius 3 is 3.12 bits per heavy atom. The third kappa shape index (κ3) is 2.57. The molecule has 1 fully saturated rings. The number of hydrogen-bond acceptors (Lipinski definition) is 4. The van der Waals surface area contributed by atoms with Crippen molar-refractivity contribution in [2.24, 2.45) is 0 Å². The van der Waals surface area contributed by atoms with Gasteiger partial charge in [0.05, 0.1) is 17.2 Å². The Morgan fingerprint density at radius 1 is 1.75 bits per heavy atom. The molecule has 0 radical (unpaired) electrons. The van der Waals surface area contributed by atoms with E-state index in [0.717, 1.165) is 10.7 Å². The van der Waals surface area contributed by atoms with Gasteiger partial charge in [-0.25, -0.2) is 4.98 Å². The van der Waals surface area contributed by atoms with Crippen molar-refractivity contribution >= 4 is 23.2 Å². The Labute approximate surface area is 97.3 Å². The van der Waals surface area contributed by atoms with Crippen LogP contribution in [0.25, 0.3) is 0 Å². The summed E-state index contributed by atoms with van der Waals surface area (Å²) < 4.78 is 0. The highest BCUT2D eigenvalue weighted by Crippen LogP contribution is 2.09. The maximum Gasteiger partial charge on any atom is 0.242 e. The molecule has 2 rings (SSSR count). The third-order valence-electron chi connectivity index (χ3n) is 2.42. The lowest BCUT2D eigenvalue weighted by Crippen LogP contribution is -2.41. The van der Waals surface area contributed by atoms with Gasteiger partial charge in [-0.05, 0) is 13.3 Å². The van der Waals surface area contributed by atoms with Crippen LogP contribution in [-0.4, -0.2) is 22.8 Å². The van der Waals surface area contributed by atoms with Gasteiger partial charge in [0, 0.05) is 11.8 Å². The van der Waals surface area contributed by atoms with Crippen LogP contribution in [0.15, 0.2) is 5.38 Å². The standard InChI is InChI=1S/C10H13N3O2S/c1-6-12-7(5-16-6)4-11-10(15)8-2-3-9(14)13-8/h5,8H,2-4H2,1H3,(H,11,15)(H,13,14).